The number of carbonyl (C=O) groups excluding carboxylic acids is 1. The van der Waals surface area contributed by atoms with E-state index in [4.69, 9.17) is 0 Å². The van der Waals surface area contributed by atoms with Gasteiger partial charge in [-0.25, -0.2) is 0 Å². The van der Waals surface area contributed by atoms with Crippen LogP contribution in [0.3, 0.4) is 0 Å². The number of hydrogen-bond donors (Lipinski definition) is 0. The van der Waals surface area contributed by atoms with Gasteiger partial charge in [-0.3, -0.25) is 9.78 Å². The Hall–Kier alpha value is -2.02. The average molecular weight is 372 g/mol. The SMILES string of the molecule is Cc1nnc(-c2ccncc2N2CCC(C(=O)N3CCCC3C)CC2)s1. The highest BCUT2D eigenvalue weighted by atomic mass is 32.1. The van der Waals surface area contributed by atoms with Crippen molar-refractivity contribution < 1.29 is 4.79 Å². The normalized spacial score (nSPS) is 21.4. The molecule has 4 rings (SSSR count). The zero-order valence-corrected chi connectivity index (χ0v) is 16.2. The van der Waals surface area contributed by atoms with E-state index in [2.05, 4.69) is 31.9 Å². The number of carbonyl (C=O) groups is 1. The summed E-state index contributed by atoms with van der Waals surface area (Å²) in [5.41, 5.74) is 2.19. The summed E-state index contributed by atoms with van der Waals surface area (Å²) < 4.78 is 0. The lowest BCUT2D eigenvalue weighted by atomic mass is 9.94. The molecule has 0 aromatic carbocycles. The van der Waals surface area contributed by atoms with E-state index < -0.39 is 0 Å². The first-order chi connectivity index (χ1) is 12.6. The minimum Gasteiger partial charge on any atom is -0.370 e. The fourth-order valence-electron chi connectivity index (χ4n) is 4.09. The Morgan fingerprint density at radius 2 is 2.00 bits per heavy atom. The van der Waals surface area contributed by atoms with Gasteiger partial charge in [-0.05, 0) is 45.6 Å². The van der Waals surface area contributed by atoms with Crippen LogP contribution in [0.4, 0.5) is 5.69 Å². The van der Waals surface area contributed by atoms with Gasteiger partial charge in [0.2, 0.25) is 5.91 Å². The van der Waals surface area contributed by atoms with Gasteiger partial charge < -0.3 is 9.80 Å². The molecule has 2 saturated heterocycles. The molecular weight excluding hydrogens is 346 g/mol. The van der Waals surface area contributed by atoms with Crippen molar-refractivity contribution >= 4 is 22.9 Å². The number of aryl methyl sites for hydroxylation is 1. The van der Waals surface area contributed by atoms with Crippen molar-refractivity contribution in [3.8, 4) is 10.6 Å². The molecule has 6 nitrogen and oxygen atoms in total. The molecule has 0 aliphatic carbocycles. The maximum Gasteiger partial charge on any atom is 0.226 e. The van der Waals surface area contributed by atoms with E-state index in [0.29, 0.717) is 11.9 Å². The summed E-state index contributed by atoms with van der Waals surface area (Å²) in [6, 6.07) is 2.42. The van der Waals surface area contributed by atoms with Crippen LogP contribution in [0.25, 0.3) is 10.6 Å². The van der Waals surface area contributed by atoms with Gasteiger partial charge >= 0.3 is 0 Å². The van der Waals surface area contributed by atoms with Gasteiger partial charge in [0.15, 0.2) is 0 Å². The minimum absolute atomic E-state index is 0.163. The van der Waals surface area contributed by atoms with Gasteiger partial charge in [0.05, 0.1) is 11.9 Å². The summed E-state index contributed by atoms with van der Waals surface area (Å²) in [7, 11) is 0. The van der Waals surface area contributed by atoms with E-state index in [1.54, 1.807) is 17.5 Å². The Morgan fingerprint density at radius 3 is 2.65 bits per heavy atom. The number of likely N-dealkylation sites (tertiary alicyclic amines) is 1. The second-order valence-electron chi connectivity index (χ2n) is 7.30. The van der Waals surface area contributed by atoms with Crippen LogP contribution in [0.1, 0.15) is 37.6 Å². The Labute approximate surface area is 158 Å². The van der Waals surface area contributed by atoms with Crippen molar-refractivity contribution in [3.05, 3.63) is 23.5 Å². The second kappa shape index (κ2) is 7.31. The smallest absolute Gasteiger partial charge is 0.226 e. The molecule has 1 unspecified atom stereocenters. The molecule has 0 bridgehead atoms. The highest BCUT2D eigenvalue weighted by Gasteiger charge is 2.33. The first kappa shape index (κ1) is 17.4. The van der Waals surface area contributed by atoms with Crippen LogP contribution in [-0.4, -0.2) is 51.7 Å². The van der Waals surface area contributed by atoms with Gasteiger partial charge in [0.1, 0.15) is 10.0 Å². The third-order valence-corrected chi connectivity index (χ3v) is 6.45. The van der Waals surface area contributed by atoms with E-state index in [-0.39, 0.29) is 5.92 Å². The number of piperidine rings is 1. The molecule has 26 heavy (non-hydrogen) atoms. The van der Waals surface area contributed by atoms with Crippen LogP contribution < -0.4 is 4.90 Å². The van der Waals surface area contributed by atoms with Crippen molar-refractivity contribution in [3.63, 3.8) is 0 Å². The third-order valence-electron chi connectivity index (χ3n) is 5.58. The summed E-state index contributed by atoms with van der Waals surface area (Å²) in [4.78, 5) is 21.6. The van der Waals surface area contributed by atoms with Crippen LogP contribution in [0.5, 0.6) is 0 Å². The van der Waals surface area contributed by atoms with Crippen molar-refractivity contribution in [2.24, 2.45) is 5.92 Å². The van der Waals surface area contributed by atoms with Crippen LogP contribution in [-0.2, 0) is 4.79 Å². The minimum atomic E-state index is 0.163. The summed E-state index contributed by atoms with van der Waals surface area (Å²) in [6.07, 6.45) is 7.82. The molecule has 1 amide bonds. The van der Waals surface area contributed by atoms with Crippen LogP contribution in [0.15, 0.2) is 18.5 Å². The molecule has 2 aromatic heterocycles. The largest absolute Gasteiger partial charge is 0.370 e. The number of pyridine rings is 1. The number of rotatable bonds is 3. The molecule has 2 aliphatic heterocycles. The molecule has 0 N–H and O–H groups in total. The summed E-state index contributed by atoms with van der Waals surface area (Å²) in [5.74, 6) is 0.525. The predicted molar refractivity (Wildman–Crippen MR) is 103 cm³/mol. The number of hydrogen-bond acceptors (Lipinski definition) is 6. The monoisotopic (exact) mass is 371 g/mol. The molecular formula is C19H25N5OS. The first-order valence-corrected chi connectivity index (χ1v) is 10.2. The predicted octanol–water partition coefficient (Wildman–Crippen LogP) is 3.14. The van der Waals surface area contributed by atoms with E-state index in [0.717, 1.165) is 66.6 Å². The van der Waals surface area contributed by atoms with Crippen molar-refractivity contribution in [2.45, 2.75) is 45.6 Å². The Balaban J connectivity index is 1.46. The highest BCUT2D eigenvalue weighted by molar-refractivity contribution is 7.14. The third kappa shape index (κ3) is 3.32. The molecule has 1 atom stereocenters. The Morgan fingerprint density at radius 1 is 1.19 bits per heavy atom. The Kier molecular flexibility index (Phi) is 4.89. The van der Waals surface area contributed by atoms with Crippen LogP contribution >= 0.6 is 11.3 Å². The highest BCUT2D eigenvalue weighted by Crippen LogP contribution is 2.34. The van der Waals surface area contributed by atoms with Crippen molar-refractivity contribution in [1.29, 1.82) is 0 Å². The van der Waals surface area contributed by atoms with Crippen molar-refractivity contribution in [2.75, 3.05) is 24.5 Å². The molecule has 138 valence electrons. The molecule has 0 spiro atoms. The quantitative estimate of drug-likeness (QED) is 0.829. The Bertz CT molecular complexity index is 784. The van der Waals surface area contributed by atoms with Gasteiger partial charge in [0, 0.05) is 43.4 Å². The summed E-state index contributed by atoms with van der Waals surface area (Å²) in [5, 5.41) is 10.3. The fraction of sp³-hybridized carbons (Fsp3) is 0.579. The molecule has 2 aliphatic rings. The van der Waals surface area contributed by atoms with E-state index in [1.807, 2.05) is 19.2 Å². The zero-order valence-electron chi connectivity index (χ0n) is 15.4. The zero-order chi connectivity index (χ0) is 18.1. The fourth-order valence-corrected chi connectivity index (χ4v) is 4.81. The van der Waals surface area contributed by atoms with E-state index in [9.17, 15) is 4.79 Å². The van der Waals surface area contributed by atoms with Crippen molar-refractivity contribution in [1.82, 2.24) is 20.1 Å². The average Bonchev–Trinajstić information content (AvgIpc) is 3.29. The lowest BCUT2D eigenvalue weighted by Gasteiger charge is -2.36. The van der Waals surface area contributed by atoms with Gasteiger partial charge in [-0.15, -0.1) is 10.2 Å². The first-order valence-electron chi connectivity index (χ1n) is 9.43. The lowest BCUT2D eigenvalue weighted by molar-refractivity contribution is -0.136. The standard InChI is InChI=1S/C19H25N5OS/c1-13-4-3-9-24(13)19(25)15-6-10-23(11-7-15)17-12-20-8-5-16(17)18-22-21-14(2)26-18/h5,8,12-13,15H,3-4,6-7,9-11H2,1-2H3. The maximum atomic E-state index is 12.8. The molecule has 2 aromatic rings. The molecule has 0 saturated carbocycles. The number of amides is 1. The van der Waals surface area contributed by atoms with Gasteiger partial charge in [0.25, 0.3) is 0 Å². The van der Waals surface area contributed by atoms with E-state index >= 15 is 0 Å². The maximum absolute atomic E-state index is 12.8. The summed E-state index contributed by atoms with van der Waals surface area (Å²) >= 11 is 1.60. The topological polar surface area (TPSA) is 62.2 Å². The van der Waals surface area contributed by atoms with Crippen LogP contribution in [0, 0.1) is 12.8 Å². The summed E-state index contributed by atoms with van der Waals surface area (Å²) in [6.45, 7) is 6.85. The number of nitrogens with zero attached hydrogens (tertiary/aromatic N) is 5. The molecule has 0 radical (unpaired) electrons. The molecule has 7 heteroatoms. The van der Waals surface area contributed by atoms with Gasteiger partial charge in [-0.1, -0.05) is 11.3 Å². The number of anilines is 1. The van der Waals surface area contributed by atoms with E-state index in [1.165, 1.54) is 0 Å². The second-order valence-corrected chi connectivity index (χ2v) is 8.48. The molecule has 4 heterocycles. The molecule has 2 fully saturated rings. The van der Waals surface area contributed by atoms with Gasteiger partial charge in [-0.2, -0.15) is 0 Å². The van der Waals surface area contributed by atoms with Crippen LogP contribution in [0.2, 0.25) is 0 Å². The lowest BCUT2D eigenvalue weighted by Crippen LogP contribution is -2.43. The number of aromatic nitrogens is 3.